The van der Waals surface area contributed by atoms with Gasteiger partial charge in [0.05, 0.1) is 13.3 Å². The molecule has 1 aromatic rings. The Hall–Kier alpha value is -1.29. The fourth-order valence-electron chi connectivity index (χ4n) is 1.51. The smallest absolute Gasteiger partial charge is 0.162 e. The molecule has 0 aliphatic rings. The van der Waals surface area contributed by atoms with Gasteiger partial charge in [-0.25, -0.2) is 0 Å². The van der Waals surface area contributed by atoms with Crippen LogP contribution >= 0.6 is 0 Å². The van der Waals surface area contributed by atoms with Gasteiger partial charge in [-0.3, -0.25) is 4.68 Å². The molecule has 0 aliphatic carbocycles. The first-order valence-corrected chi connectivity index (χ1v) is 5.02. The highest BCUT2D eigenvalue weighted by molar-refractivity contribution is 5.28. The molecule has 1 rings (SSSR count). The molecule has 1 N–H and O–H groups in total. The molecule has 0 amide bonds. The van der Waals surface area contributed by atoms with E-state index in [2.05, 4.69) is 11.7 Å². The van der Waals surface area contributed by atoms with E-state index in [-0.39, 0.29) is 6.04 Å². The van der Waals surface area contributed by atoms with Gasteiger partial charge in [0, 0.05) is 6.04 Å². The number of aliphatic hydroxyl groups excluding tert-OH is 1. The normalized spacial score (nSPS) is 12.9. The number of methoxy groups -OCH3 is 1. The van der Waals surface area contributed by atoms with Crippen LogP contribution in [0.3, 0.4) is 0 Å². The van der Waals surface area contributed by atoms with Crippen molar-refractivity contribution in [2.75, 3.05) is 7.11 Å². The van der Waals surface area contributed by atoms with E-state index in [0.29, 0.717) is 17.9 Å². The number of aliphatic hydroxyl groups is 1. The van der Waals surface area contributed by atoms with Crippen molar-refractivity contribution in [3.63, 3.8) is 0 Å². The van der Waals surface area contributed by atoms with E-state index in [1.54, 1.807) is 24.1 Å². The molecule has 0 saturated heterocycles. The van der Waals surface area contributed by atoms with Crippen molar-refractivity contribution in [2.24, 2.45) is 0 Å². The number of rotatable bonds is 5. The summed E-state index contributed by atoms with van der Waals surface area (Å²) >= 11 is 0. The minimum Gasteiger partial charge on any atom is -0.493 e. The van der Waals surface area contributed by atoms with Gasteiger partial charge in [0.15, 0.2) is 5.75 Å². The Kier molecular flexibility index (Phi) is 3.91. The van der Waals surface area contributed by atoms with Crippen molar-refractivity contribution in [1.82, 2.24) is 9.78 Å². The topological polar surface area (TPSA) is 47.3 Å². The molecule has 1 aromatic heterocycles. The Morgan fingerprint density at radius 3 is 2.80 bits per heavy atom. The minimum absolute atomic E-state index is 0.198. The third-order valence-corrected chi connectivity index (χ3v) is 2.21. The maximum absolute atomic E-state index is 9.94. The second kappa shape index (κ2) is 4.98. The molecule has 1 heterocycles. The second-order valence-corrected chi connectivity index (χ2v) is 3.68. The number of nitrogens with zero attached hydrogens (tertiary/aromatic N) is 2. The lowest BCUT2D eigenvalue weighted by molar-refractivity contribution is 0.163. The molecule has 0 fully saturated rings. The van der Waals surface area contributed by atoms with Crippen molar-refractivity contribution in [1.29, 1.82) is 0 Å². The number of aromatic nitrogens is 2. The van der Waals surface area contributed by atoms with Gasteiger partial charge in [-0.05, 0) is 20.3 Å². The zero-order valence-electron chi connectivity index (χ0n) is 9.47. The molecule has 15 heavy (non-hydrogen) atoms. The highest BCUT2D eigenvalue weighted by Gasteiger charge is 2.20. The first-order chi connectivity index (χ1) is 7.11. The Labute approximate surface area is 90.2 Å². The first-order valence-electron chi connectivity index (χ1n) is 5.02. The number of hydrogen-bond donors (Lipinski definition) is 1. The number of hydrogen-bond acceptors (Lipinski definition) is 3. The van der Waals surface area contributed by atoms with Gasteiger partial charge in [-0.2, -0.15) is 5.10 Å². The third-order valence-electron chi connectivity index (χ3n) is 2.21. The molecule has 4 heteroatoms. The van der Waals surface area contributed by atoms with Crippen LogP contribution in [0.1, 0.15) is 38.1 Å². The Bertz CT molecular complexity index is 331. The van der Waals surface area contributed by atoms with Crippen molar-refractivity contribution in [3.8, 4) is 5.75 Å². The molecule has 0 bridgehead atoms. The molecule has 1 unspecified atom stereocenters. The van der Waals surface area contributed by atoms with Gasteiger partial charge in [0.1, 0.15) is 11.8 Å². The van der Waals surface area contributed by atoms with Crippen LogP contribution < -0.4 is 4.74 Å². The average molecular weight is 210 g/mol. The van der Waals surface area contributed by atoms with Crippen LogP contribution in [0.25, 0.3) is 0 Å². The summed E-state index contributed by atoms with van der Waals surface area (Å²) in [5.41, 5.74) is 0.715. The first kappa shape index (κ1) is 11.8. The SMILES string of the molecule is C=CCC(O)c1c(OC)cnn1C(C)C. The van der Waals surface area contributed by atoms with E-state index in [4.69, 9.17) is 4.74 Å². The molecular formula is C11H18N2O2. The zero-order chi connectivity index (χ0) is 11.4. The van der Waals surface area contributed by atoms with Gasteiger partial charge in [-0.1, -0.05) is 6.08 Å². The summed E-state index contributed by atoms with van der Waals surface area (Å²) in [6.07, 6.45) is 3.19. The van der Waals surface area contributed by atoms with Crippen LogP contribution in [0.4, 0.5) is 0 Å². The highest BCUT2D eigenvalue weighted by Crippen LogP contribution is 2.29. The van der Waals surface area contributed by atoms with Crippen molar-refractivity contribution in [3.05, 3.63) is 24.5 Å². The summed E-state index contributed by atoms with van der Waals surface area (Å²) < 4.78 is 6.94. The van der Waals surface area contributed by atoms with Crippen LogP contribution in [0.2, 0.25) is 0 Å². The lowest BCUT2D eigenvalue weighted by atomic mass is 10.1. The molecule has 0 saturated carbocycles. The summed E-state index contributed by atoms with van der Waals surface area (Å²) in [6.45, 7) is 7.63. The average Bonchev–Trinajstić information content (AvgIpc) is 2.61. The molecule has 0 aromatic carbocycles. The maximum Gasteiger partial charge on any atom is 0.162 e. The lowest BCUT2D eigenvalue weighted by Crippen LogP contribution is -2.11. The lowest BCUT2D eigenvalue weighted by Gasteiger charge is -2.15. The number of ether oxygens (including phenoxy) is 1. The predicted octanol–water partition coefficient (Wildman–Crippen LogP) is 2.08. The van der Waals surface area contributed by atoms with E-state index in [1.165, 1.54) is 0 Å². The summed E-state index contributed by atoms with van der Waals surface area (Å²) in [4.78, 5) is 0. The second-order valence-electron chi connectivity index (χ2n) is 3.68. The van der Waals surface area contributed by atoms with Crippen LogP contribution in [0, 0.1) is 0 Å². The van der Waals surface area contributed by atoms with Crippen LogP contribution in [0.15, 0.2) is 18.9 Å². The molecule has 84 valence electrons. The summed E-state index contributed by atoms with van der Waals surface area (Å²) in [6, 6.07) is 0.198. The Morgan fingerprint density at radius 1 is 1.67 bits per heavy atom. The zero-order valence-corrected chi connectivity index (χ0v) is 9.47. The van der Waals surface area contributed by atoms with Gasteiger partial charge in [0.25, 0.3) is 0 Å². The fourth-order valence-corrected chi connectivity index (χ4v) is 1.51. The molecule has 0 aliphatic heterocycles. The van der Waals surface area contributed by atoms with Gasteiger partial charge in [-0.15, -0.1) is 6.58 Å². The standard InChI is InChI=1S/C11H18N2O2/c1-5-6-9(14)11-10(15-4)7-12-13(11)8(2)3/h5,7-9,14H,1,6H2,2-4H3. The van der Waals surface area contributed by atoms with E-state index in [9.17, 15) is 5.11 Å². The maximum atomic E-state index is 9.94. The monoisotopic (exact) mass is 210 g/mol. The van der Waals surface area contributed by atoms with Gasteiger partial charge in [0.2, 0.25) is 0 Å². The van der Waals surface area contributed by atoms with Gasteiger partial charge >= 0.3 is 0 Å². The Morgan fingerprint density at radius 2 is 2.33 bits per heavy atom. The molecule has 1 atom stereocenters. The molecule has 0 radical (unpaired) electrons. The fraction of sp³-hybridized carbons (Fsp3) is 0.545. The van der Waals surface area contributed by atoms with E-state index in [0.717, 1.165) is 0 Å². The quantitative estimate of drug-likeness (QED) is 0.757. The minimum atomic E-state index is -0.609. The molecular weight excluding hydrogens is 192 g/mol. The van der Waals surface area contributed by atoms with Crippen LogP contribution in [0.5, 0.6) is 5.75 Å². The van der Waals surface area contributed by atoms with E-state index < -0.39 is 6.10 Å². The highest BCUT2D eigenvalue weighted by atomic mass is 16.5. The summed E-state index contributed by atoms with van der Waals surface area (Å²) in [5, 5.41) is 14.1. The van der Waals surface area contributed by atoms with E-state index >= 15 is 0 Å². The largest absolute Gasteiger partial charge is 0.493 e. The van der Waals surface area contributed by atoms with Crippen LogP contribution in [-0.2, 0) is 0 Å². The van der Waals surface area contributed by atoms with Gasteiger partial charge < -0.3 is 9.84 Å². The van der Waals surface area contributed by atoms with Crippen molar-refractivity contribution >= 4 is 0 Å². The van der Waals surface area contributed by atoms with Crippen molar-refractivity contribution in [2.45, 2.75) is 32.4 Å². The van der Waals surface area contributed by atoms with E-state index in [1.807, 2.05) is 13.8 Å². The summed E-state index contributed by atoms with van der Waals surface area (Å²) in [5.74, 6) is 0.623. The third kappa shape index (κ3) is 2.39. The van der Waals surface area contributed by atoms with Crippen LogP contribution in [-0.4, -0.2) is 22.0 Å². The van der Waals surface area contributed by atoms with Crippen molar-refractivity contribution < 1.29 is 9.84 Å². The molecule has 4 nitrogen and oxygen atoms in total. The molecule has 0 spiro atoms. The predicted molar refractivity (Wildman–Crippen MR) is 58.9 cm³/mol. The summed E-state index contributed by atoms with van der Waals surface area (Å²) in [7, 11) is 1.58. The Balaban J connectivity index is 3.09.